The summed E-state index contributed by atoms with van der Waals surface area (Å²) in [7, 11) is 1.85. The van der Waals surface area contributed by atoms with Crippen LogP contribution in [0.5, 0.6) is 0 Å². The van der Waals surface area contributed by atoms with Crippen LogP contribution in [0.15, 0.2) is 30.3 Å². The second kappa shape index (κ2) is 6.69. The van der Waals surface area contributed by atoms with Crippen molar-refractivity contribution in [3.63, 3.8) is 0 Å². The minimum Gasteiger partial charge on any atom is -0.326 e. The lowest BCUT2D eigenvalue weighted by Gasteiger charge is -2.11. The van der Waals surface area contributed by atoms with Gasteiger partial charge in [-0.05, 0) is 56.9 Å². The van der Waals surface area contributed by atoms with Crippen LogP contribution in [0.25, 0.3) is 11.0 Å². The number of amides is 2. The van der Waals surface area contributed by atoms with Crippen LogP contribution in [0.1, 0.15) is 53.3 Å². The number of aromatic nitrogens is 3. The van der Waals surface area contributed by atoms with Gasteiger partial charge in [0.1, 0.15) is 0 Å². The summed E-state index contributed by atoms with van der Waals surface area (Å²) in [6.45, 7) is 1.89. The minimum atomic E-state index is -0.193. The molecule has 2 aliphatic carbocycles. The molecular formula is C22H23N5O2. The van der Waals surface area contributed by atoms with Crippen LogP contribution in [-0.2, 0) is 11.8 Å². The Morgan fingerprint density at radius 3 is 2.48 bits per heavy atom. The van der Waals surface area contributed by atoms with Crippen LogP contribution in [0.4, 0.5) is 11.4 Å². The van der Waals surface area contributed by atoms with Crippen molar-refractivity contribution in [3.05, 3.63) is 47.3 Å². The number of pyridine rings is 1. The number of carbonyl (C=O) groups excluding carboxylic acids is 2. The number of benzene rings is 1. The van der Waals surface area contributed by atoms with E-state index in [-0.39, 0.29) is 17.7 Å². The van der Waals surface area contributed by atoms with Gasteiger partial charge in [0.15, 0.2) is 5.65 Å². The molecule has 0 aliphatic heterocycles. The van der Waals surface area contributed by atoms with Gasteiger partial charge in [0.05, 0.1) is 16.6 Å². The van der Waals surface area contributed by atoms with E-state index in [0.717, 1.165) is 48.1 Å². The fourth-order valence-electron chi connectivity index (χ4n) is 3.69. The Labute approximate surface area is 168 Å². The number of fused-ring (bicyclic) bond motifs is 1. The first-order chi connectivity index (χ1) is 14.0. The molecule has 7 heteroatoms. The highest BCUT2D eigenvalue weighted by Gasteiger charge is 2.30. The molecule has 0 spiro atoms. The molecule has 5 rings (SSSR count). The summed E-state index contributed by atoms with van der Waals surface area (Å²) in [5.74, 6) is 0.417. The summed E-state index contributed by atoms with van der Waals surface area (Å²) in [5, 5.41) is 11.1. The number of carbonyl (C=O) groups is 2. The van der Waals surface area contributed by atoms with Crippen LogP contribution in [0.2, 0.25) is 0 Å². The first-order valence-corrected chi connectivity index (χ1v) is 10.1. The monoisotopic (exact) mass is 389 g/mol. The van der Waals surface area contributed by atoms with E-state index in [1.807, 2.05) is 38.2 Å². The third-order valence-corrected chi connectivity index (χ3v) is 5.56. The maximum absolute atomic E-state index is 13.2. The van der Waals surface area contributed by atoms with E-state index in [2.05, 4.69) is 15.7 Å². The van der Waals surface area contributed by atoms with Crippen LogP contribution in [-0.4, -0.2) is 26.6 Å². The topological polar surface area (TPSA) is 88.9 Å². The number of nitrogens with zero attached hydrogens (tertiary/aromatic N) is 3. The lowest BCUT2D eigenvalue weighted by atomic mass is 10.1. The Balaban J connectivity index is 1.45. The van der Waals surface area contributed by atoms with Crippen LogP contribution < -0.4 is 10.6 Å². The van der Waals surface area contributed by atoms with E-state index in [0.29, 0.717) is 22.9 Å². The van der Waals surface area contributed by atoms with Crippen molar-refractivity contribution in [1.82, 2.24) is 14.8 Å². The van der Waals surface area contributed by atoms with E-state index in [4.69, 9.17) is 4.98 Å². The molecule has 0 saturated heterocycles. The highest BCUT2D eigenvalue weighted by Crippen LogP contribution is 2.40. The first kappa shape index (κ1) is 17.8. The zero-order valence-corrected chi connectivity index (χ0v) is 16.5. The van der Waals surface area contributed by atoms with Crippen molar-refractivity contribution in [2.24, 2.45) is 13.0 Å². The average Bonchev–Trinajstić information content (AvgIpc) is 3.60. The second-order valence-corrected chi connectivity index (χ2v) is 8.08. The van der Waals surface area contributed by atoms with E-state index in [9.17, 15) is 9.59 Å². The standard InChI is InChI=1S/C22H23N5O2/c1-12-19-17(11-18(13-6-7-13)25-20(19)27(2)26-12)22(29)24-16-5-3-4-15(10-16)23-21(28)14-8-9-14/h3-5,10-11,13-14H,6-9H2,1-2H3,(H,23,28)(H,24,29). The van der Waals surface area contributed by atoms with E-state index >= 15 is 0 Å². The quantitative estimate of drug-likeness (QED) is 0.695. The molecule has 2 fully saturated rings. The molecule has 2 saturated carbocycles. The summed E-state index contributed by atoms with van der Waals surface area (Å²) >= 11 is 0. The van der Waals surface area contributed by atoms with Crippen molar-refractivity contribution in [2.45, 2.75) is 38.5 Å². The smallest absolute Gasteiger partial charge is 0.256 e. The molecule has 1 aromatic carbocycles. The van der Waals surface area contributed by atoms with Gasteiger partial charge in [0, 0.05) is 36.0 Å². The third-order valence-electron chi connectivity index (χ3n) is 5.56. The van der Waals surface area contributed by atoms with Crippen molar-refractivity contribution in [2.75, 3.05) is 10.6 Å². The first-order valence-electron chi connectivity index (χ1n) is 10.1. The maximum atomic E-state index is 13.2. The molecule has 2 N–H and O–H groups in total. The summed E-state index contributed by atoms with van der Waals surface area (Å²) in [5.41, 5.74) is 4.40. The lowest BCUT2D eigenvalue weighted by molar-refractivity contribution is -0.117. The van der Waals surface area contributed by atoms with Gasteiger partial charge in [-0.25, -0.2) is 4.98 Å². The minimum absolute atomic E-state index is 0.0457. The van der Waals surface area contributed by atoms with Gasteiger partial charge in [-0.15, -0.1) is 0 Å². The number of aryl methyl sites for hydroxylation is 2. The molecule has 0 bridgehead atoms. The Kier molecular flexibility index (Phi) is 4.12. The van der Waals surface area contributed by atoms with Gasteiger partial charge in [-0.2, -0.15) is 5.10 Å². The maximum Gasteiger partial charge on any atom is 0.256 e. The van der Waals surface area contributed by atoms with Gasteiger partial charge in [0.2, 0.25) is 5.91 Å². The second-order valence-electron chi connectivity index (χ2n) is 8.08. The van der Waals surface area contributed by atoms with Gasteiger partial charge >= 0.3 is 0 Å². The molecule has 2 amide bonds. The molecule has 2 aliphatic rings. The predicted molar refractivity (Wildman–Crippen MR) is 111 cm³/mol. The molecule has 29 heavy (non-hydrogen) atoms. The summed E-state index contributed by atoms with van der Waals surface area (Å²) in [6.07, 6.45) is 4.13. The van der Waals surface area contributed by atoms with Crippen LogP contribution >= 0.6 is 0 Å². The van der Waals surface area contributed by atoms with Gasteiger partial charge < -0.3 is 10.6 Å². The van der Waals surface area contributed by atoms with E-state index in [1.54, 1.807) is 10.7 Å². The SMILES string of the molecule is Cc1nn(C)c2nc(C3CC3)cc(C(=O)Nc3cccc(NC(=O)C4CC4)c3)c12. The van der Waals surface area contributed by atoms with Crippen molar-refractivity contribution in [1.29, 1.82) is 0 Å². The molecular weight excluding hydrogens is 366 g/mol. The van der Waals surface area contributed by atoms with Crippen LogP contribution in [0.3, 0.4) is 0 Å². The third kappa shape index (κ3) is 3.48. The highest BCUT2D eigenvalue weighted by molar-refractivity contribution is 6.13. The Morgan fingerprint density at radius 1 is 1.07 bits per heavy atom. The molecule has 2 aromatic heterocycles. The van der Waals surface area contributed by atoms with Crippen LogP contribution in [0, 0.1) is 12.8 Å². The van der Waals surface area contributed by atoms with Gasteiger partial charge in [-0.3, -0.25) is 14.3 Å². The van der Waals surface area contributed by atoms with Crippen molar-refractivity contribution < 1.29 is 9.59 Å². The molecule has 0 unspecified atom stereocenters. The number of hydrogen-bond donors (Lipinski definition) is 2. The zero-order chi connectivity index (χ0) is 20.1. The number of anilines is 2. The van der Waals surface area contributed by atoms with Gasteiger partial charge in [-0.1, -0.05) is 6.07 Å². The average molecular weight is 389 g/mol. The lowest BCUT2D eigenvalue weighted by Crippen LogP contribution is -2.15. The molecule has 7 nitrogen and oxygen atoms in total. The Hall–Kier alpha value is -3.22. The molecule has 2 heterocycles. The number of nitrogens with one attached hydrogen (secondary N) is 2. The van der Waals surface area contributed by atoms with Gasteiger partial charge in [0.25, 0.3) is 5.91 Å². The molecule has 3 aromatic rings. The number of rotatable bonds is 5. The largest absolute Gasteiger partial charge is 0.326 e. The summed E-state index contributed by atoms with van der Waals surface area (Å²) in [4.78, 5) is 29.9. The summed E-state index contributed by atoms with van der Waals surface area (Å²) < 4.78 is 1.74. The van der Waals surface area contributed by atoms with Crippen molar-refractivity contribution in [3.8, 4) is 0 Å². The predicted octanol–water partition coefficient (Wildman–Crippen LogP) is 3.75. The van der Waals surface area contributed by atoms with E-state index < -0.39 is 0 Å². The number of hydrogen-bond acceptors (Lipinski definition) is 4. The Bertz CT molecular complexity index is 1140. The van der Waals surface area contributed by atoms with E-state index in [1.165, 1.54) is 0 Å². The normalized spacial score (nSPS) is 16.1. The highest BCUT2D eigenvalue weighted by atomic mass is 16.2. The fourth-order valence-corrected chi connectivity index (χ4v) is 3.69. The molecule has 148 valence electrons. The summed E-state index contributed by atoms with van der Waals surface area (Å²) in [6, 6.07) is 9.17. The molecule has 0 radical (unpaired) electrons. The fraction of sp³-hybridized carbons (Fsp3) is 0.364. The zero-order valence-electron chi connectivity index (χ0n) is 16.5. The van der Waals surface area contributed by atoms with Crippen molar-refractivity contribution >= 4 is 34.2 Å². The molecule has 0 atom stereocenters. The Morgan fingerprint density at radius 2 is 1.79 bits per heavy atom.